The minimum atomic E-state index is -0.491. The summed E-state index contributed by atoms with van der Waals surface area (Å²) < 4.78 is 0. The molecule has 0 bridgehead atoms. The van der Waals surface area contributed by atoms with Crippen LogP contribution >= 0.6 is 11.8 Å². The molecular weight excluding hydrogens is 348 g/mol. The molecule has 26 heavy (non-hydrogen) atoms. The Labute approximate surface area is 157 Å². The monoisotopic (exact) mass is 370 g/mol. The van der Waals surface area contributed by atoms with E-state index in [-0.39, 0.29) is 17.7 Å². The molecule has 1 unspecified atom stereocenters. The Morgan fingerprint density at radius 3 is 2.58 bits per heavy atom. The Bertz CT molecular complexity index is 763. The maximum Gasteiger partial charge on any atom is 0.247 e. The molecule has 1 saturated carbocycles. The minimum absolute atomic E-state index is 0.174. The maximum atomic E-state index is 12.7. The van der Waals surface area contributed by atoms with Gasteiger partial charge >= 0.3 is 0 Å². The van der Waals surface area contributed by atoms with Gasteiger partial charge < -0.3 is 10.6 Å². The highest BCUT2D eigenvalue weighted by atomic mass is 32.2. The van der Waals surface area contributed by atoms with Crippen molar-refractivity contribution in [2.24, 2.45) is 5.92 Å². The molecule has 0 aromatic carbocycles. The Morgan fingerprint density at radius 1 is 1.12 bits per heavy atom. The number of aromatic nitrogens is 2. The largest absolute Gasteiger partial charge is 0.344 e. The molecule has 0 aliphatic heterocycles. The average molecular weight is 370 g/mol. The zero-order valence-electron chi connectivity index (χ0n) is 14.6. The predicted molar refractivity (Wildman–Crippen MR) is 101 cm³/mol. The number of hydrogen-bond acceptors (Lipinski definition) is 5. The highest BCUT2D eigenvalue weighted by Gasteiger charge is 2.31. The van der Waals surface area contributed by atoms with Gasteiger partial charge in [-0.3, -0.25) is 9.59 Å². The van der Waals surface area contributed by atoms with Gasteiger partial charge in [-0.2, -0.15) is 0 Å². The third-order valence-corrected chi connectivity index (χ3v) is 5.24. The van der Waals surface area contributed by atoms with Crippen molar-refractivity contribution >= 4 is 29.3 Å². The molecule has 1 aliphatic rings. The summed E-state index contributed by atoms with van der Waals surface area (Å²) in [6.45, 7) is 1.45. The van der Waals surface area contributed by atoms with Crippen LogP contribution in [0.3, 0.4) is 0 Å². The van der Waals surface area contributed by atoms with E-state index >= 15 is 0 Å². The van der Waals surface area contributed by atoms with Crippen LogP contribution in [0.25, 0.3) is 0 Å². The maximum absolute atomic E-state index is 12.7. The zero-order valence-corrected chi connectivity index (χ0v) is 15.5. The van der Waals surface area contributed by atoms with E-state index in [4.69, 9.17) is 0 Å². The van der Waals surface area contributed by atoms with E-state index in [1.54, 1.807) is 18.5 Å². The first-order valence-corrected chi connectivity index (χ1v) is 9.56. The molecule has 2 amide bonds. The molecule has 1 fully saturated rings. The van der Waals surface area contributed by atoms with Gasteiger partial charge in [-0.1, -0.05) is 30.7 Å². The van der Waals surface area contributed by atoms with Crippen LogP contribution < -0.4 is 10.6 Å². The van der Waals surface area contributed by atoms with Crippen molar-refractivity contribution in [3.63, 3.8) is 0 Å². The summed E-state index contributed by atoms with van der Waals surface area (Å²) in [6.07, 6.45) is 7.53. The topological polar surface area (TPSA) is 84.0 Å². The van der Waals surface area contributed by atoms with Crippen molar-refractivity contribution in [3.8, 4) is 0 Å². The normalized spacial score (nSPS) is 15.4. The van der Waals surface area contributed by atoms with Crippen LogP contribution in [-0.4, -0.2) is 27.8 Å². The SMILES string of the molecule is CC(=O)NC(C(=O)Nc1ccnc(Sc2ccccn2)c1)C1CCCC1. The fraction of sp³-hybridized carbons (Fsp3) is 0.368. The average Bonchev–Trinajstić information content (AvgIpc) is 3.15. The smallest absolute Gasteiger partial charge is 0.247 e. The summed E-state index contributed by atoms with van der Waals surface area (Å²) in [6, 6.07) is 8.76. The van der Waals surface area contributed by atoms with E-state index in [9.17, 15) is 9.59 Å². The molecule has 1 atom stereocenters. The lowest BCUT2D eigenvalue weighted by Gasteiger charge is -2.23. The Morgan fingerprint density at radius 2 is 1.88 bits per heavy atom. The summed E-state index contributed by atoms with van der Waals surface area (Å²) in [5.74, 6) is -0.159. The summed E-state index contributed by atoms with van der Waals surface area (Å²) in [5.41, 5.74) is 0.664. The molecule has 2 N–H and O–H groups in total. The molecule has 6 nitrogen and oxygen atoms in total. The Kier molecular flexibility index (Phi) is 6.22. The number of rotatable bonds is 6. The van der Waals surface area contributed by atoms with Gasteiger partial charge in [0.1, 0.15) is 16.1 Å². The summed E-state index contributed by atoms with van der Waals surface area (Å²) in [7, 11) is 0. The van der Waals surface area contributed by atoms with Gasteiger partial charge in [0.05, 0.1) is 0 Å². The van der Waals surface area contributed by atoms with Crippen molar-refractivity contribution < 1.29 is 9.59 Å². The second-order valence-electron chi connectivity index (χ2n) is 6.36. The Hall–Kier alpha value is -2.41. The van der Waals surface area contributed by atoms with E-state index in [1.165, 1.54) is 18.7 Å². The zero-order chi connectivity index (χ0) is 18.4. The van der Waals surface area contributed by atoms with Crippen LogP contribution in [0.5, 0.6) is 0 Å². The molecule has 2 heterocycles. The predicted octanol–water partition coefficient (Wildman–Crippen LogP) is 3.26. The van der Waals surface area contributed by atoms with Crippen LogP contribution in [0.4, 0.5) is 5.69 Å². The summed E-state index contributed by atoms with van der Waals surface area (Å²) >= 11 is 1.43. The van der Waals surface area contributed by atoms with E-state index in [2.05, 4.69) is 20.6 Å². The highest BCUT2D eigenvalue weighted by molar-refractivity contribution is 7.99. The first-order valence-electron chi connectivity index (χ1n) is 8.75. The second kappa shape index (κ2) is 8.80. The van der Waals surface area contributed by atoms with Crippen molar-refractivity contribution in [2.45, 2.75) is 48.7 Å². The van der Waals surface area contributed by atoms with E-state index in [0.717, 1.165) is 35.7 Å². The number of anilines is 1. The third kappa shape index (κ3) is 5.05. The molecule has 0 radical (unpaired) electrons. The molecule has 3 rings (SSSR count). The quantitative estimate of drug-likeness (QED) is 0.815. The van der Waals surface area contributed by atoms with Gasteiger partial charge in [0.15, 0.2) is 0 Å². The molecule has 0 spiro atoms. The third-order valence-electron chi connectivity index (χ3n) is 4.36. The molecule has 2 aromatic heterocycles. The van der Waals surface area contributed by atoms with Gasteiger partial charge in [0, 0.05) is 25.0 Å². The van der Waals surface area contributed by atoms with Crippen LogP contribution in [0.1, 0.15) is 32.6 Å². The fourth-order valence-corrected chi connectivity index (χ4v) is 3.96. The number of carbonyl (C=O) groups is 2. The van der Waals surface area contributed by atoms with Crippen molar-refractivity contribution in [2.75, 3.05) is 5.32 Å². The lowest BCUT2D eigenvalue weighted by atomic mass is 9.97. The second-order valence-corrected chi connectivity index (χ2v) is 7.41. The lowest BCUT2D eigenvalue weighted by Crippen LogP contribution is -2.47. The van der Waals surface area contributed by atoms with Crippen molar-refractivity contribution in [1.82, 2.24) is 15.3 Å². The standard InChI is InChI=1S/C19H22N4O2S/c1-13(24)22-18(14-6-2-3-7-14)19(25)23-15-9-11-21-17(12-15)26-16-8-4-5-10-20-16/h4-5,8-12,14,18H,2-3,6-7H2,1H3,(H,22,24)(H,21,23,25). The first kappa shape index (κ1) is 18.4. The van der Waals surface area contributed by atoms with Gasteiger partial charge in [-0.25, -0.2) is 9.97 Å². The molecule has 7 heteroatoms. The van der Waals surface area contributed by atoms with E-state index in [0.29, 0.717) is 5.69 Å². The van der Waals surface area contributed by atoms with Gasteiger partial charge in [-0.05, 0) is 43.0 Å². The number of nitrogens with zero attached hydrogens (tertiary/aromatic N) is 2. The van der Waals surface area contributed by atoms with Crippen molar-refractivity contribution in [1.29, 1.82) is 0 Å². The lowest BCUT2D eigenvalue weighted by molar-refractivity contribution is -0.126. The van der Waals surface area contributed by atoms with Gasteiger partial charge in [0.2, 0.25) is 11.8 Å². The van der Waals surface area contributed by atoms with Gasteiger partial charge in [-0.15, -0.1) is 0 Å². The van der Waals surface area contributed by atoms with Crippen LogP contribution in [0, 0.1) is 5.92 Å². The van der Waals surface area contributed by atoms with Crippen LogP contribution in [-0.2, 0) is 9.59 Å². The minimum Gasteiger partial charge on any atom is -0.344 e. The number of hydrogen-bond donors (Lipinski definition) is 2. The van der Waals surface area contributed by atoms with E-state index < -0.39 is 6.04 Å². The van der Waals surface area contributed by atoms with Gasteiger partial charge in [0.25, 0.3) is 0 Å². The number of nitrogens with one attached hydrogen (secondary N) is 2. The summed E-state index contributed by atoms with van der Waals surface area (Å²) in [4.78, 5) is 32.8. The van der Waals surface area contributed by atoms with Crippen LogP contribution in [0.15, 0.2) is 52.8 Å². The molecular formula is C19H22N4O2S. The highest BCUT2D eigenvalue weighted by Crippen LogP contribution is 2.29. The molecule has 0 saturated heterocycles. The molecule has 2 aromatic rings. The Balaban J connectivity index is 1.69. The summed E-state index contributed by atoms with van der Waals surface area (Å²) in [5, 5.41) is 7.32. The van der Waals surface area contributed by atoms with E-state index in [1.807, 2.05) is 24.3 Å². The number of carbonyl (C=O) groups excluding carboxylic acids is 2. The van der Waals surface area contributed by atoms with Crippen LogP contribution in [0.2, 0.25) is 0 Å². The number of amides is 2. The molecule has 1 aliphatic carbocycles. The fourth-order valence-electron chi connectivity index (χ4n) is 3.18. The number of pyridine rings is 2. The first-order chi connectivity index (χ1) is 12.6. The van der Waals surface area contributed by atoms with Crippen molar-refractivity contribution in [3.05, 3.63) is 42.7 Å². The molecule has 136 valence electrons.